The van der Waals surface area contributed by atoms with Crippen LogP contribution in [0.1, 0.15) is 23.8 Å². The molecule has 0 fully saturated rings. The number of halogens is 1. The summed E-state index contributed by atoms with van der Waals surface area (Å²) >= 11 is 8.79. The number of benzene rings is 1. The summed E-state index contributed by atoms with van der Waals surface area (Å²) < 4.78 is 28.4. The second-order valence-corrected chi connectivity index (χ2v) is 10.5. The summed E-state index contributed by atoms with van der Waals surface area (Å²) in [5, 5.41) is 4.08. The molecule has 2 aromatic rings. The number of nitrogens with zero attached hydrogens (tertiary/aromatic N) is 1. The van der Waals surface area contributed by atoms with Crippen LogP contribution in [0.15, 0.2) is 46.4 Å². The molecule has 0 aliphatic carbocycles. The largest absolute Gasteiger partial charge is 0.271 e. The van der Waals surface area contributed by atoms with E-state index in [0.29, 0.717) is 22.2 Å². The van der Waals surface area contributed by atoms with E-state index in [9.17, 15) is 13.2 Å². The maximum Gasteiger partial charge on any atom is 0.258 e. The Bertz CT molecular complexity index is 940. The Hall–Kier alpha value is -1.39. The fourth-order valence-corrected chi connectivity index (χ4v) is 4.92. The zero-order valence-corrected chi connectivity index (χ0v) is 18.9. The smallest absolute Gasteiger partial charge is 0.258 e. The van der Waals surface area contributed by atoms with Gasteiger partial charge in [-0.3, -0.25) is 4.79 Å². The quantitative estimate of drug-likeness (QED) is 0.442. The van der Waals surface area contributed by atoms with Gasteiger partial charge in [-0.25, -0.2) is 13.8 Å². The van der Waals surface area contributed by atoms with Crippen LogP contribution < -0.4 is 10.1 Å². The molecular formula is C18H22ClN3O3S3. The lowest BCUT2D eigenvalue weighted by Crippen LogP contribution is -2.45. The predicted molar refractivity (Wildman–Crippen MR) is 118 cm³/mol. The number of aryl methyl sites for hydroxylation is 1. The highest BCUT2D eigenvalue weighted by Crippen LogP contribution is 2.21. The third kappa shape index (κ3) is 6.59. The number of hydrazone groups is 1. The Morgan fingerprint density at radius 3 is 2.50 bits per heavy atom. The molecule has 1 aromatic carbocycles. The minimum absolute atomic E-state index is 0.118. The molecule has 1 heterocycles. The maximum absolute atomic E-state index is 12.6. The molecule has 6 nitrogen and oxygen atoms in total. The number of sulfonamides is 1. The van der Waals surface area contributed by atoms with E-state index < -0.39 is 22.0 Å². The van der Waals surface area contributed by atoms with Crippen LogP contribution in [-0.2, 0) is 14.8 Å². The third-order valence-electron chi connectivity index (χ3n) is 3.82. The summed E-state index contributed by atoms with van der Waals surface area (Å²) in [6, 6.07) is 9.09. The van der Waals surface area contributed by atoms with Crippen LogP contribution in [0.2, 0.25) is 4.34 Å². The van der Waals surface area contributed by atoms with Crippen LogP contribution in [0.4, 0.5) is 0 Å². The molecule has 0 bridgehead atoms. The van der Waals surface area contributed by atoms with Gasteiger partial charge in [0.1, 0.15) is 6.04 Å². The number of thioether (sulfide) groups is 1. The van der Waals surface area contributed by atoms with E-state index in [1.807, 2.05) is 19.2 Å². The topological polar surface area (TPSA) is 87.6 Å². The van der Waals surface area contributed by atoms with Crippen LogP contribution in [0, 0.1) is 6.92 Å². The minimum Gasteiger partial charge on any atom is -0.271 e. The van der Waals surface area contributed by atoms with Crippen molar-refractivity contribution < 1.29 is 13.2 Å². The minimum atomic E-state index is -3.82. The van der Waals surface area contributed by atoms with E-state index >= 15 is 0 Å². The van der Waals surface area contributed by atoms with Gasteiger partial charge in [-0.15, -0.1) is 11.3 Å². The summed E-state index contributed by atoms with van der Waals surface area (Å²) in [7, 11) is -3.82. The first-order chi connectivity index (χ1) is 13.2. The highest BCUT2D eigenvalue weighted by Gasteiger charge is 2.25. The van der Waals surface area contributed by atoms with E-state index in [2.05, 4.69) is 15.2 Å². The standard InChI is InChI=1S/C18H22ClN3O3S3/c1-12-4-6-14(7-5-12)28(24,25)22-15(10-11-26-3)18(23)21-20-13(2)16-8-9-17(19)27-16/h4-9,15,22H,10-11H2,1-3H3,(H,21,23)/b20-13+/t15-/m0/s1. The molecule has 2 N–H and O–H groups in total. The molecule has 0 radical (unpaired) electrons. The van der Waals surface area contributed by atoms with Crippen molar-refractivity contribution in [2.24, 2.45) is 5.10 Å². The number of thiophene rings is 1. The number of rotatable bonds is 9. The van der Waals surface area contributed by atoms with Gasteiger partial charge in [-0.05, 0) is 56.5 Å². The molecular weight excluding hydrogens is 438 g/mol. The van der Waals surface area contributed by atoms with E-state index in [0.717, 1.165) is 10.4 Å². The number of nitrogens with one attached hydrogen (secondary N) is 2. The average Bonchev–Trinajstić information content (AvgIpc) is 3.09. The van der Waals surface area contributed by atoms with Crippen molar-refractivity contribution >= 4 is 56.3 Å². The monoisotopic (exact) mass is 459 g/mol. The van der Waals surface area contributed by atoms with Crippen LogP contribution >= 0.6 is 34.7 Å². The van der Waals surface area contributed by atoms with Gasteiger partial charge in [0.15, 0.2) is 0 Å². The number of hydrogen-bond acceptors (Lipinski definition) is 6. The second kappa shape index (κ2) is 10.4. The Morgan fingerprint density at radius 2 is 1.93 bits per heavy atom. The molecule has 1 amide bonds. The first-order valence-electron chi connectivity index (χ1n) is 8.40. The van der Waals surface area contributed by atoms with Gasteiger partial charge in [0.2, 0.25) is 10.0 Å². The molecule has 10 heteroatoms. The van der Waals surface area contributed by atoms with Crippen LogP contribution in [0.5, 0.6) is 0 Å². The summed E-state index contributed by atoms with van der Waals surface area (Å²) in [6.45, 7) is 3.62. The fourth-order valence-electron chi connectivity index (χ4n) is 2.23. The van der Waals surface area contributed by atoms with Crippen molar-refractivity contribution in [1.29, 1.82) is 0 Å². The van der Waals surface area contributed by atoms with Crippen molar-refractivity contribution in [3.8, 4) is 0 Å². The highest BCUT2D eigenvalue weighted by molar-refractivity contribution is 7.98. The van der Waals surface area contributed by atoms with Crippen molar-refractivity contribution in [3.63, 3.8) is 0 Å². The van der Waals surface area contributed by atoms with Gasteiger partial charge >= 0.3 is 0 Å². The Balaban J connectivity index is 2.13. The average molecular weight is 460 g/mol. The molecule has 2 rings (SSSR count). The van der Waals surface area contributed by atoms with Gasteiger partial charge in [-0.1, -0.05) is 29.3 Å². The Kier molecular flexibility index (Phi) is 8.51. The molecule has 152 valence electrons. The lowest BCUT2D eigenvalue weighted by Gasteiger charge is -2.17. The second-order valence-electron chi connectivity index (χ2n) is 6.05. The first kappa shape index (κ1) is 22.9. The van der Waals surface area contributed by atoms with Gasteiger partial charge in [0, 0.05) is 0 Å². The summed E-state index contributed by atoms with van der Waals surface area (Å²) in [4.78, 5) is 13.5. The van der Waals surface area contributed by atoms with Gasteiger partial charge < -0.3 is 0 Å². The number of carbonyl (C=O) groups excluding carboxylic acids is 1. The number of carbonyl (C=O) groups is 1. The van der Waals surface area contributed by atoms with Crippen LogP contribution in [0.3, 0.4) is 0 Å². The SMILES string of the molecule is CSCC[C@H](NS(=O)(=O)c1ccc(C)cc1)C(=O)N/N=C(\C)c1ccc(Cl)s1. The molecule has 0 unspecified atom stereocenters. The molecule has 1 atom stereocenters. The lowest BCUT2D eigenvalue weighted by atomic mass is 10.2. The zero-order chi connectivity index (χ0) is 20.7. The van der Waals surface area contributed by atoms with Crippen molar-refractivity contribution in [1.82, 2.24) is 10.1 Å². The highest BCUT2D eigenvalue weighted by atomic mass is 35.5. The number of amides is 1. The fraction of sp³-hybridized carbons (Fsp3) is 0.333. The maximum atomic E-state index is 12.6. The summed E-state index contributed by atoms with van der Waals surface area (Å²) in [5.74, 6) is 0.115. The third-order valence-corrected chi connectivity index (χ3v) is 7.29. The van der Waals surface area contributed by atoms with Gasteiger partial charge in [0.25, 0.3) is 5.91 Å². The molecule has 0 aliphatic heterocycles. The van der Waals surface area contributed by atoms with Gasteiger partial charge in [-0.2, -0.15) is 21.6 Å². The van der Waals surface area contributed by atoms with Crippen molar-refractivity contribution in [3.05, 3.63) is 51.2 Å². The van der Waals surface area contributed by atoms with Crippen LogP contribution in [-0.4, -0.2) is 38.1 Å². The summed E-state index contributed by atoms with van der Waals surface area (Å²) in [6.07, 6.45) is 2.24. The molecule has 0 saturated carbocycles. The van der Waals surface area contributed by atoms with Gasteiger partial charge in [0.05, 0.1) is 19.8 Å². The lowest BCUT2D eigenvalue weighted by molar-refractivity contribution is -0.122. The van der Waals surface area contributed by atoms with Crippen LogP contribution in [0.25, 0.3) is 0 Å². The Morgan fingerprint density at radius 1 is 1.25 bits per heavy atom. The van der Waals surface area contributed by atoms with Crippen molar-refractivity contribution in [2.75, 3.05) is 12.0 Å². The summed E-state index contributed by atoms with van der Waals surface area (Å²) in [5.41, 5.74) is 4.00. The zero-order valence-electron chi connectivity index (χ0n) is 15.7. The molecule has 28 heavy (non-hydrogen) atoms. The van der Waals surface area contributed by atoms with E-state index in [-0.39, 0.29) is 4.90 Å². The molecule has 0 spiro atoms. The van der Waals surface area contributed by atoms with E-state index in [4.69, 9.17) is 11.6 Å². The Labute approximate surface area is 178 Å². The molecule has 0 saturated heterocycles. The van der Waals surface area contributed by atoms with E-state index in [1.54, 1.807) is 25.1 Å². The number of hydrogen-bond donors (Lipinski definition) is 2. The molecule has 0 aliphatic rings. The first-order valence-corrected chi connectivity index (χ1v) is 12.5. The predicted octanol–water partition coefficient (Wildman–Crippen LogP) is 3.65. The molecule has 1 aromatic heterocycles. The van der Waals surface area contributed by atoms with Crippen molar-refractivity contribution in [2.45, 2.75) is 31.2 Å². The normalized spacial score (nSPS) is 13.4. The van der Waals surface area contributed by atoms with E-state index in [1.165, 1.54) is 35.2 Å².